The van der Waals surface area contributed by atoms with Crippen LogP contribution in [-0.4, -0.2) is 47.5 Å². The first kappa shape index (κ1) is 21.6. The predicted molar refractivity (Wildman–Crippen MR) is 102 cm³/mol. The number of aliphatic imine (C=N–C) groups is 1. The lowest BCUT2D eigenvalue weighted by Gasteiger charge is -2.26. The van der Waals surface area contributed by atoms with Crippen molar-refractivity contribution in [3.05, 3.63) is 28.0 Å². The van der Waals surface area contributed by atoms with Gasteiger partial charge in [-0.2, -0.15) is 5.26 Å². The Kier molecular flexibility index (Phi) is 6.62. The number of ether oxygens (including phenoxy) is 1. The number of esters is 1. The molecule has 0 radical (unpaired) electrons. The maximum Gasteiger partial charge on any atom is 0.337 e. The Labute approximate surface area is 167 Å². The highest BCUT2D eigenvalue weighted by Gasteiger charge is 2.39. The zero-order valence-electron chi connectivity index (χ0n) is 15.9. The molecular formula is C19H21ClFN3O4. The van der Waals surface area contributed by atoms with Crippen molar-refractivity contribution in [3.8, 4) is 6.07 Å². The fourth-order valence-electron chi connectivity index (χ4n) is 3.03. The molecule has 1 aliphatic heterocycles. The largest absolute Gasteiger partial charge is 0.478 e. The molecule has 28 heavy (non-hydrogen) atoms. The Morgan fingerprint density at radius 3 is 2.54 bits per heavy atom. The normalized spacial score (nSPS) is 14.7. The van der Waals surface area contributed by atoms with Gasteiger partial charge in [0.05, 0.1) is 22.6 Å². The molecule has 0 amide bonds. The number of amidine groups is 1. The van der Waals surface area contributed by atoms with Crippen LogP contribution in [0.2, 0.25) is 5.02 Å². The van der Waals surface area contributed by atoms with Crippen molar-refractivity contribution in [2.75, 3.05) is 19.7 Å². The van der Waals surface area contributed by atoms with E-state index >= 15 is 4.39 Å². The first-order valence-corrected chi connectivity index (χ1v) is 9.19. The third kappa shape index (κ3) is 4.09. The lowest BCUT2D eigenvalue weighted by molar-refractivity contribution is -0.148. The summed E-state index contributed by atoms with van der Waals surface area (Å²) in [5.41, 5.74) is -2.66. The lowest BCUT2D eigenvalue weighted by Crippen LogP contribution is -2.33. The maximum absolute atomic E-state index is 15.3. The van der Waals surface area contributed by atoms with Gasteiger partial charge in [0.2, 0.25) is 5.84 Å². The molecule has 2 rings (SSSR count). The van der Waals surface area contributed by atoms with E-state index in [-0.39, 0.29) is 23.7 Å². The summed E-state index contributed by atoms with van der Waals surface area (Å²) in [6, 6.07) is 2.89. The zero-order chi connectivity index (χ0) is 21.1. The number of hydrogen-bond acceptors (Lipinski definition) is 5. The Morgan fingerprint density at radius 2 is 2.04 bits per heavy atom. The Balaban J connectivity index is 2.71. The van der Waals surface area contributed by atoms with Gasteiger partial charge in [-0.15, -0.1) is 0 Å². The fourth-order valence-corrected chi connectivity index (χ4v) is 3.49. The molecule has 0 aliphatic carbocycles. The second kappa shape index (κ2) is 8.57. The summed E-state index contributed by atoms with van der Waals surface area (Å²) in [5.74, 6) is -3.13. The smallest absolute Gasteiger partial charge is 0.337 e. The number of benzene rings is 1. The average molecular weight is 410 g/mol. The third-order valence-corrected chi connectivity index (χ3v) is 4.95. The minimum Gasteiger partial charge on any atom is -0.478 e. The van der Waals surface area contributed by atoms with E-state index in [1.807, 2.05) is 6.07 Å². The predicted octanol–water partition coefficient (Wildman–Crippen LogP) is 3.67. The number of halogens is 2. The van der Waals surface area contributed by atoms with Crippen LogP contribution in [0.3, 0.4) is 0 Å². The zero-order valence-corrected chi connectivity index (χ0v) is 16.6. The molecule has 0 atom stereocenters. The standard InChI is InChI=1S/C19H21ClFN3O4/c1-4-28-18(27)19(2,3)14-15(20)11(17(25)26)9-12(16(14)21)23-13(10-22)24-7-5-6-8-24/h9H,4-8H2,1-3H3,(H,25,26). The van der Waals surface area contributed by atoms with Crippen LogP contribution < -0.4 is 0 Å². The highest BCUT2D eigenvalue weighted by atomic mass is 35.5. The van der Waals surface area contributed by atoms with Crippen molar-refractivity contribution < 1.29 is 23.8 Å². The quantitative estimate of drug-likeness (QED) is 0.452. The molecule has 0 bridgehead atoms. The average Bonchev–Trinajstić information content (AvgIpc) is 3.15. The number of carboxylic acid groups (broad SMARTS) is 1. The van der Waals surface area contributed by atoms with Gasteiger partial charge >= 0.3 is 11.9 Å². The molecule has 1 aromatic rings. The van der Waals surface area contributed by atoms with Crippen LogP contribution in [0.4, 0.5) is 10.1 Å². The molecule has 1 aromatic carbocycles. The van der Waals surface area contributed by atoms with Crippen LogP contribution in [0, 0.1) is 17.1 Å². The second-order valence-corrected chi connectivity index (χ2v) is 7.22. The number of carboxylic acids is 1. The van der Waals surface area contributed by atoms with Gasteiger partial charge in [-0.3, -0.25) is 4.79 Å². The SMILES string of the molecule is CCOC(=O)C(C)(C)c1c(F)c(N=C(C#N)N2CCCC2)cc(C(=O)O)c1Cl. The van der Waals surface area contributed by atoms with E-state index in [4.69, 9.17) is 16.3 Å². The summed E-state index contributed by atoms with van der Waals surface area (Å²) in [5, 5.41) is 18.5. The minimum absolute atomic E-state index is 0.0186. The monoisotopic (exact) mass is 409 g/mol. The molecule has 0 unspecified atom stereocenters. The summed E-state index contributed by atoms with van der Waals surface area (Å²) in [7, 11) is 0. The first-order chi connectivity index (χ1) is 13.1. The molecule has 7 nitrogen and oxygen atoms in total. The van der Waals surface area contributed by atoms with E-state index in [1.54, 1.807) is 11.8 Å². The number of nitriles is 1. The highest BCUT2D eigenvalue weighted by Crippen LogP contribution is 2.40. The van der Waals surface area contributed by atoms with Gasteiger partial charge in [-0.05, 0) is 39.7 Å². The van der Waals surface area contributed by atoms with E-state index in [1.165, 1.54) is 13.8 Å². The van der Waals surface area contributed by atoms with Crippen LogP contribution >= 0.6 is 11.6 Å². The molecular weight excluding hydrogens is 389 g/mol. The van der Waals surface area contributed by atoms with Crippen LogP contribution in [0.1, 0.15) is 49.5 Å². The van der Waals surface area contributed by atoms with Crippen molar-refractivity contribution in [3.63, 3.8) is 0 Å². The van der Waals surface area contributed by atoms with Gasteiger partial charge in [0, 0.05) is 18.7 Å². The van der Waals surface area contributed by atoms with Crippen molar-refractivity contribution in [2.24, 2.45) is 4.99 Å². The number of carbonyl (C=O) groups excluding carboxylic acids is 1. The van der Waals surface area contributed by atoms with Gasteiger partial charge in [-0.25, -0.2) is 14.2 Å². The van der Waals surface area contributed by atoms with Crippen molar-refractivity contribution in [2.45, 2.75) is 39.0 Å². The molecule has 1 heterocycles. The van der Waals surface area contributed by atoms with Crippen molar-refractivity contribution in [1.82, 2.24) is 4.90 Å². The summed E-state index contributed by atoms with van der Waals surface area (Å²) in [6.07, 6.45) is 1.76. The number of carbonyl (C=O) groups is 2. The maximum atomic E-state index is 15.3. The first-order valence-electron chi connectivity index (χ1n) is 8.81. The van der Waals surface area contributed by atoms with E-state index in [0.29, 0.717) is 13.1 Å². The van der Waals surface area contributed by atoms with E-state index in [0.717, 1.165) is 18.9 Å². The van der Waals surface area contributed by atoms with E-state index < -0.39 is 33.8 Å². The Morgan fingerprint density at radius 1 is 1.43 bits per heavy atom. The Hall–Kier alpha value is -2.66. The molecule has 1 N–H and O–H groups in total. The number of rotatable bonds is 5. The molecule has 0 spiro atoms. The van der Waals surface area contributed by atoms with Crippen LogP contribution in [0.15, 0.2) is 11.1 Å². The number of nitrogens with zero attached hydrogens (tertiary/aromatic N) is 3. The summed E-state index contributed by atoms with van der Waals surface area (Å²) < 4.78 is 20.3. The van der Waals surface area contributed by atoms with E-state index in [2.05, 4.69) is 4.99 Å². The second-order valence-electron chi connectivity index (χ2n) is 6.84. The minimum atomic E-state index is -1.56. The molecule has 1 saturated heterocycles. The Bertz CT molecular complexity index is 871. The highest BCUT2D eigenvalue weighted by molar-refractivity contribution is 6.35. The van der Waals surface area contributed by atoms with Gasteiger partial charge in [-0.1, -0.05) is 11.6 Å². The summed E-state index contributed by atoms with van der Waals surface area (Å²) in [4.78, 5) is 29.7. The van der Waals surface area contributed by atoms with Crippen molar-refractivity contribution >= 4 is 35.1 Å². The molecule has 9 heteroatoms. The fraction of sp³-hybridized carbons (Fsp3) is 0.474. The van der Waals surface area contributed by atoms with Crippen molar-refractivity contribution in [1.29, 1.82) is 5.26 Å². The summed E-state index contributed by atoms with van der Waals surface area (Å²) in [6.45, 7) is 5.66. The van der Waals surface area contributed by atoms with Gasteiger partial charge in [0.25, 0.3) is 0 Å². The van der Waals surface area contributed by atoms with Gasteiger partial charge in [0.1, 0.15) is 11.8 Å². The number of aromatic carboxylic acids is 1. The van der Waals surface area contributed by atoms with Crippen LogP contribution in [-0.2, 0) is 14.9 Å². The van der Waals surface area contributed by atoms with Crippen LogP contribution in [0.25, 0.3) is 0 Å². The molecule has 1 aliphatic rings. The molecule has 0 saturated carbocycles. The van der Waals surface area contributed by atoms with Crippen LogP contribution in [0.5, 0.6) is 0 Å². The van der Waals surface area contributed by atoms with Gasteiger partial charge in [0.15, 0.2) is 5.82 Å². The van der Waals surface area contributed by atoms with Gasteiger partial charge < -0.3 is 14.7 Å². The third-order valence-electron chi connectivity index (χ3n) is 4.55. The lowest BCUT2D eigenvalue weighted by atomic mass is 9.83. The summed E-state index contributed by atoms with van der Waals surface area (Å²) >= 11 is 6.15. The number of hydrogen-bond donors (Lipinski definition) is 1. The molecule has 1 fully saturated rings. The number of likely N-dealkylation sites (tertiary alicyclic amines) is 1. The molecule has 150 valence electrons. The van der Waals surface area contributed by atoms with E-state index in [9.17, 15) is 20.0 Å². The topological polar surface area (TPSA) is 103 Å². The molecule has 0 aromatic heterocycles.